The Hall–Kier alpha value is -0.770. The van der Waals surface area contributed by atoms with Crippen molar-refractivity contribution in [2.24, 2.45) is 0 Å². The van der Waals surface area contributed by atoms with Gasteiger partial charge in [-0.1, -0.05) is 13.8 Å². The predicted molar refractivity (Wildman–Crippen MR) is 76.3 cm³/mol. The van der Waals surface area contributed by atoms with Gasteiger partial charge in [0, 0.05) is 12.8 Å². The van der Waals surface area contributed by atoms with Crippen LogP contribution in [0.2, 0.25) is 0 Å². The molecule has 108 valence electrons. The van der Waals surface area contributed by atoms with Gasteiger partial charge in [-0.25, -0.2) is 4.57 Å². The Morgan fingerprint density at radius 1 is 1.00 bits per heavy atom. The molecular formula is C14H23O4P. The quantitative estimate of drug-likeness (QED) is 0.548. The molecular weight excluding hydrogens is 263 g/mol. The lowest BCUT2D eigenvalue weighted by Gasteiger charge is -2.21. The van der Waals surface area contributed by atoms with Crippen LogP contribution < -0.4 is 0 Å². The number of phosphoric ester groups is 1. The van der Waals surface area contributed by atoms with Gasteiger partial charge in [-0.05, 0) is 26.7 Å². The van der Waals surface area contributed by atoms with Gasteiger partial charge in [0.25, 0.3) is 0 Å². The van der Waals surface area contributed by atoms with Gasteiger partial charge < -0.3 is 4.89 Å². The summed E-state index contributed by atoms with van der Waals surface area (Å²) in [4.78, 5) is 9.73. The number of hydrogen-bond acceptors (Lipinski definition) is 3. The van der Waals surface area contributed by atoms with Gasteiger partial charge in [0.05, 0.1) is 12.2 Å². The highest BCUT2D eigenvalue weighted by Crippen LogP contribution is 2.47. The Labute approximate surface area is 116 Å². The summed E-state index contributed by atoms with van der Waals surface area (Å²) >= 11 is 0. The molecule has 1 N–H and O–H groups in total. The van der Waals surface area contributed by atoms with E-state index < -0.39 is 20.0 Å². The molecule has 0 fully saturated rings. The van der Waals surface area contributed by atoms with E-state index in [9.17, 15) is 9.46 Å². The molecule has 0 bridgehead atoms. The normalized spacial score (nSPS) is 16.3. The second-order valence-electron chi connectivity index (χ2n) is 4.00. The maximum absolute atomic E-state index is 11.9. The maximum Gasteiger partial charge on any atom is 0.472 e. The van der Waals surface area contributed by atoms with E-state index in [1.165, 1.54) is 0 Å². The Balaban J connectivity index is 4.50. The van der Waals surface area contributed by atoms with E-state index in [-0.39, 0.29) is 0 Å². The molecule has 0 saturated heterocycles. The topological polar surface area (TPSA) is 55.8 Å². The molecule has 5 heteroatoms. The van der Waals surface area contributed by atoms with Crippen LogP contribution in [0.15, 0.2) is 0 Å². The minimum atomic E-state index is -4.05. The van der Waals surface area contributed by atoms with Crippen molar-refractivity contribution >= 4 is 7.82 Å². The third kappa shape index (κ3) is 8.87. The van der Waals surface area contributed by atoms with Gasteiger partial charge in [0.2, 0.25) is 0 Å². The summed E-state index contributed by atoms with van der Waals surface area (Å²) in [5.74, 6) is 11.2. The molecule has 2 unspecified atom stereocenters. The molecule has 2 atom stereocenters. The Bertz CT molecular complexity index is 375. The van der Waals surface area contributed by atoms with E-state index in [0.717, 1.165) is 0 Å². The van der Waals surface area contributed by atoms with E-state index in [4.69, 9.17) is 9.05 Å². The summed E-state index contributed by atoms with van der Waals surface area (Å²) < 4.78 is 22.2. The lowest BCUT2D eigenvalue weighted by atomic mass is 10.2. The Morgan fingerprint density at radius 3 is 1.63 bits per heavy atom. The summed E-state index contributed by atoms with van der Waals surface area (Å²) in [6, 6.07) is 0. The number of hydrogen-bond donors (Lipinski definition) is 1. The fraction of sp³-hybridized carbons (Fsp3) is 0.714. The molecule has 0 aliphatic carbocycles. The van der Waals surface area contributed by atoms with Crippen LogP contribution in [-0.4, -0.2) is 17.1 Å². The summed E-state index contributed by atoms with van der Waals surface area (Å²) in [6.07, 6.45) is 1.28. The zero-order valence-corrected chi connectivity index (χ0v) is 13.0. The molecule has 0 aromatic carbocycles. The molecule has 0 heterocycles. The minimum Gasteiger partial charge on any atom is -0.302 e. The van der Waals surface area contributed by atoms with Gasteiger partial charge in [-0.2, -0.15) is 0 Å². The molecule has 0 aromatic heterocycles. The van der Waals surface area contributed by atoms with E-state index in [1.54, 1.807) is 13.8 Å². The third-order valence-electron chi connectivity index (χ3n) is 2.49. The molecule has 4 nitrogen and oxygen atoms in total. The van der Waals surface area contributed by atoms with Crippen molar-refractivity contribution < 1.29 is 18.5 Å². The average Bonchev–Trinajstić information content (AvgIpc) is 2.39. The van der Waals surface area contributed by atoms with Crippen molar-refractivity contribution in [1.82, 2.24) is 0 Å². The summed E-state index contributed by atoms with van der Waals surface area (Å²) in [5.41, 5.74) is 0. The van der Waals surface area contributed by atoms with E-state index in [1.807, 2.05) is 13.8 Å². The zero-order valence-electron chi connectivity index (χ0n) is 12.1. The molecule has 0 amide bonds. The molecule has 0 rings (SSSR count). The highest BCUT2D eigenvalue weighted by atomic mass is 31.2. The summed E-state index contributed by atoms with van der Waals surface area (Å²) in [7, 11) is -4.05. The second-order valence-corrected chi connectivity index (χ2v) is 5.36. The first-order valence-electron chi connectivity index (χ1n) is 6.47. The highest BCUT2D eigenvalue weighted by Gasteiger charge is 2.28. The van der Waals surface area contributed by atoms with Crippen LogP contribution in [0.25, 0.3) is 0 Å². The van der Waals surface area contributed by atoms with Gasteiger partial charge >= 0.3 is 7.82 Å². The minimum absolute atomic E-state index is 0.391. The largest absolute Gasteiger partial charge is 0.472 e. The number of phosphoric acid groups is 1. The first kappa shape index (κ1) is 18.2. The van der Waals surface area contributed by atoms with Crippen LogP contribution in [0.5, 0.6) is 0 Å². The molecule has 19 heavy (non-hydrogen) atoms. The van der Waals surface area contributed by atoms with E-state index >= 15 is 0 Å². The van der Waals surface area contributed by atoms with Crippen molar-refractivity contribution in [1.29, 1.82) is 0 Å². The van der Waals surface area contributed by atoms with E-state index in [0.29, 0.717) is 25.7 Å². The predicted octanol–water partition coefficient (Wildman–Crippen LogP) is 3.50. The lowest BCUT2D eigenvalue weighted by Crippen LogP contribution is -2.15. The second kappa shape index (κ2) is 10.1. The fourth-order valence-electron chi connectivity index (χ4n) is 1.35. The van der Waals surface area contributed by atoms with Crippen LogP contribution in [-0.2, 0) is 13.6 Å². The molecule has 0 saturated carbocycles. The van der Waals surface area contributed by atoms with Crippen LogP contribution >= 0.6 is 7.82 Å². The first-order valence-corrected chi connectivity index (χ1v) is 7.97. The summed E-state index contributed by atoms with van der Waals surface area (Å²) in [6.45, 7) is 7.19. The highest BCUT2D eigenvalue weighted by molar-refractivity contribution is 7.47. The Morgan fingerprint density at radius 2 is 1.37 bits per heavy atom. The van der Waals surface area contributed by atoms with Crippen molar-refractivity contribution in [2.75, 3.05) is 0 Å². The van der Waals surface area contributed by atoms with Crippen LogP contribution in [0, 0.1) is 23.7 Å². The zero-order chi connectivity index (χ0) is 14.7. The smallest absolute Gasteiger partial charge is 0.302 e. The maximum atomic E-state index is 11.9. The van der Waals surface area contributed by atoms with Gasteiger partial charge in [-0.15, -0.1) is 23.7 Å². The molecule has 0 aromatic rings. The standard InChI is InChI=1S/C14H23O4P/c1-5-9-11-13(7-3)17-19(15,16)18-14(8-4)12-10-6-2/h13-14H,7-8,11-12H2,1-4H3,(H,15,16). The van der Waals surface area contributed by atoms with Gasteiger partial charge in [0.15, 0.2) is 0 Å². The summed E-state index contributed by atoms with van der Waals surface area (Å²) in [5, 5.41) is 0. The van der Waals surface area contributed by atoms with Crippen molar-refractivity contribution in [2.45, 2.75) is 65.6 Å². The van der Waals surface area contributed by atoms with Gasteiger partial charge in [0.1, 0.15) is 0 Å². The average molecular weight is 286 g/mol. The monoisotopic (exact) mass is 286 g/mol. The van der Waals surface area contributed by atoms with Crippen LogP contribution in [0.1, 0.15) is 53.4 Å². The molecule has 0 radical (unpaired) electrons. The van der Waals surface area contributed by atoms with Crippen LogP contribution in [0.3, 0.4) is 0 Å². The van der Waals surface area contributed by atoms with E-state index in [2.05, 4.69) is 23.7 Å². The molecule has 0 aliphatic rings. The molecule has 0 aliphatic heterocycles. The van der Waals surface area contributed by atoms with Gasteiger partial charge in [-0.3, -0.25) is 9.05 Å². The van der Waals surface area contributed by atoms with Crippen molar-refractivity contribution in [3.05, 3.63) is 0 Å². The van der Waals surface area contributed by atoms with Crippen molar-refractivity contribution in [3.63, 3.8) is 0 Å². The lowest BCUT2D eigenvalue weighted by molar-refractivity contribution is 0.0740. The number of rotatable bonds is 8. The third-order valence-corrected chi connectivity index (χ3v) is 3.62. The van der Waals surface area contributed by atoms with Crippen molar-refractivity contribution in [3.8, 4) is 23.7 Å². The SMILES string of the molecule is CC#CCC(CC)OP(=O)(O)OC(CC)CC#CC. The fourth-order valence-corrected chi connectivity index (χ4v) is 2.60. The first-order chi connectivity index (χ1) is 8.99. The Kier molecular flexibility index (Phi) is 9.66. The van der Waals surface area contributed by atoms with Crippen LogP contribution in [0.4, 0.5) is 0 Å². The molecule has 0 spiro atoms.